The number of benzene rings is 1. The van der Waals surface area contributed by atoms with Crippen LogP contribution in [0.5, 0.6) is 0 Å². The molecule has 0 aliphatic carbocycles. The number of nitrogens with one attached hydrogen (secondary N) is 2. The third-order valence-corrected chi connectivity index (χ3v) is 4.15. The Kier molecular flexibility index (Phi) is 4.82. The molecular formula is C14H20BrN3O. The number of amides is 1. The molecule has 0 saturated carbocycles. The minimum Gasteiger partial charge on any atom is -0.354 e. The van der Waals surface area contributed by atoms with E-state index < -0.39 is 0 Å². The number of hydrogen-bond acceptors (Lipinski definition) is 3. The molecule has 1 heterocycles. The fraction of sp³-hybridized carbons (Fsp3) is 0.500. The maximum Gasteiger partial charge on any atom is 0.242 e. The van der Waals surface area contributed by atoms with Crippen LogP contribution in [0.1, 0.15) is 13.3 Å². The van der Waals surface area contributed by atoms with Gasteiger partial charge in [0.15, 0.2) is 0 Å². The molecule has 2 unspecified atom stereocenters. The molecular weight excluding hydrogens is 306 g/mol. The highest BCUT2D eigenvalue weighted by molar-refractivity contribution is 9.10. The number of rotatable bonds is 4. The maximum absolute atomic E-state index is 12.1. The number of anilines is 1. The zero-order valence-corrected chi connectivity index (χ0v) is 12.9. The van der Waals surface area contributed by atoms with Crippen molar-refractivity contribution in [1.29, 1.82) is 0 Å². The Morgan fingerprint density at radius 3 is 2.89 bits per heavy atom. The summed E-state index contributed by atoms with van der Waals surface area (Å²) in [4.78, 5) is 14.4. The molecule has 19 heavy (non-hydrogen) atoms. The zero-order valence-electron chi connectivity index (χ0n) is 11.3. The molecule has 0 radical (unpaired) electrons. The fourth-order valence-corrected chi connectivity index (χ4v) is 3.01. The molecule has 2 atom stereocenters. The van der Waals surface area contributed by atoms with Crippen molar-refractivity contribution in [2.45, 2.75) is 25.4 Å². The molecule has 1 aliphatic heterocycles. The number of hydrogen-bond donors (Lipinski definition) is 2. The number of para-hydroxylation sites is 1. The van der Waals surface area contributed by atoms with Gasteiger partial charge in [-0.25, -0.2) is 0 Å². The quantitative estimate of drug-likeness (QED) is 0.886. The first-order valence-electron chi connectivity index (χ1n) is 6.60. The smallest absolute Gasteiger partial charge is 0.242 e. The lowest BCUT2D eigenvalue weighted by Crippen LogP contribution is -2.60. The van der Waals surface area contributed by atoms with E-state index in [1.807, 2.05) is 25.2 Å². The summed E-state index contributed by atoms with van der Waals surface area (Å²) in [6.45, 7) is 3.66. The van der Waals surface area contributed by atoms with Crippen LogP contribution in [0.3, 0.4) is 0 Å². The van der Waals surface area contributed by atoms with Crippen LogP contribution in [-0.2, 0) is 4.79 Å². The second-order valence-electron chi connectivity index (χ2n) is 4.86. The molecule has 0 spiro atoms. The molecule has 4 nitrogen and oxygen atoms in total. The van der Waals surface area contributed by atoms with Gasteiger partial charge in [-0.05, 0) is 55.0 Å². The zero-order chi connectivity index (χ0) is 13.8. The van der Waals surface area contributed by atoms with Crippen LogP contribution in [-0.4, -0.2) is 38.1 Å². The Labute approximate surface area is 122 Å². The van der Waals surface area contributed by atoms with Gasteiger partial charge in [-0.15, -0.1) is 0 Å². The lowest BCUT2D eigenvalue weighted by atomic mass is 10.0. The van der Waals surface area contributed by atoms with Crippen molar-refractivity contribution in [3.05, 3.63) is 28.7 Å². The maximum atomic E-state index is 12.1. The molecule has 104 valence electrons. The van der Waals surface area contributed by atoms with E-state index in [0.717, 1.165) is 23.1 Å². The van der Waals surface area contributed by atoms with Crippen molar-refractivity contribution < 1.29 is 4.79 Å². The van der Waals surface area contributed by atoms with Crippen LogP contribution >= 0.6 is 15.9 Å². The second kappa shape index (κ2) is 6.39. The van der Waals surface area contributed by atoms with Gasteiger partial charge in [-0.3, -0.25) is 4.79 Å². The van der Waals surface area contributed by atoms with Gasteiger partial charge in [0.05, 0.1) is 5.69 Å². The number of carbonyl (C=O) groups excluding carboxylic acids is 1. The van der Waals surface area contributed by atoms with Crippen molar-refractivity contribution in [3.8, 4) is 0 Å². The van der Waals surface area contributed by atoms with E-state index >= 15 is 0 Å². The summed E-state index contributed by atoms with van der Waals surface area (Å²) in [5, 5.41) is 6.10. The van der Waals surface area contributed by atoms with Crippen molar-refractivity contribution >= 4 is 27.5 Å². The molecule has 1 saturated heterocycles. The van der Waals surface area contributed by atoms with Gasteiger partial charge in [0.1, 0.15) is 6.04 Å². The number of carbonyl (C=O) groups is 1. The van der Waals surface area contributed by atoms with Crippen LogP contribution < -0.4 is 15.5 Å². The summed E-state index contributed by atoms with van der Waals surface area (Å²) >= 11 is 3.59. The third-order valence-electron chi connectivity index (χ3n) is 3.48. The van der Waals surface area contributed by atoms with Crippen molar-refractivity contribution in [2.75, 3.05) is 25.0 Å². The summed E-state index contributed by atoms with van der Waals surface area (Å²) in [5.41, 5.74) is 1.09. The van der Waals surface area contributed by atoms with E-state index in [9.17, 15) is 4.79 Å². The van der Waals surface area contributed by atoms with E-state index in [4.69, 9.17) is 0 Å². The molecule has 5 heteroatoms. The summed E-state index contributed by atoms with van der Waals surface area (Å²) in [7, 11) is 1.91. The molecule has 1 fully saturated rings. The number of nitrogens with zero attached hydrogens (tertiary/aromatic N) is 1. The molecule has 2 N–H and O–H groups in total. The minimum absolute atomic E-state index is 0.115. The number of piperazine rings is 1. The molecule has 1 aliphatic rings. The highest BCUT2D eigenvalue weighted by atomic mass is 79.9. The van der Waals surface area contributed by atoms with E-state index in [1.54, 1.807) is 0 Å². The van der Waals surface area contributed by atoms with Crippen molar-refractivity contribution in [1.82, 2.24) is 10.6 Å². The lowest BCUT2D eigenvalue weighted by Gasteiger charge is -2.42. The van der Waals surface area contributed by atoms with Gasteiger partial charge in [-0.1, -0.05) is 12.1 Å². The first-order chi connectivity index (χ1) is 9.15. The Morgan fingerprint density at radius 2 is 2.21 bits per heavy atom. The first-order valence-corrected chi connectivity index (χ1v) is 7.39. The molecule has 0 aromatic heterocycles. The van der Waals surface area contributed by atoms with E-state index in [0.29, 0.717) is 12.6 Å². The number of halogens is 1. The average molecular weight is 326 g/mol. The Balaban J connectivity index is 2.31. The standard InChI is InChI=1S/C14H20BrN3O/c1-10-9-17-14(19)13(7-8-16-2)18(10)12-6-4-3-5-11(12)15/h3-6,10,13,16H,7-9H2,1-2H3,(H,17,19). The molecule has 1 aromatic carbocycles. The van der Waals surface area contributed by atoms with Gasteiger partial charge in [0, 0.05) is 17.1 Å². The monoisotopic (exact) mass is 325 g/mol. The van der Waals surface area contributed by atoms with Crippen molar-refractivity contribution in [2.24, 2.45) is 0 Å². The van der Waals surface area contributed by atoms with E-state index in [-0.39, 0.29) is 11.9 Å². The van der Waals surface area contributed by atoms with Crippen LogP contribution in [0.2, 0.25) is 0 Å². The second-order valence-corrected chi connectivity index (χ2v) is 5.72. The van der Waals surface area contributed by atoms with E-state index in [2.05, 4.69) is 44.5 Å². The fourth-order valence-electron chi connectivity index (χ4n) is 2.52. The highest BCUT2D eigenvalue weighted by Gasteiger charge is 2.34. The molecule has 2 rings (SSSR count). The summed E-state index contributed by atoms with van der Waals surface area (Å²) in [6, 6.07) is 8.25. The molecule has 0 bridgehead atoms. The highest BCUT2D eigenvalue weighted by Crippen LogP contribution is 2.31. The van der Waals surface area contributed by atoms with Crippen molar-refractivity contribution in [3.63, 3.8) is 0 Å². The SMILES string of the molecule is CNCCC1C(=O)NCC(C)N1c1ccccc1Br. The summed E-state index contributed by atoms with van der Waals surface area (Å²) in [6.07, 6.45) is 0.800. The molecule has 1 aromatic rings. The minimum atomic E-state index is -0.116. The van der Waals surface area contributed by atoms with Crippen LogP contribution in [0, 0.1) is 0 Å². The normalized spacial score (nSPS) is 23.3. The molecule has 1 amide bonds. The summed E-state index contributed by atoms with van der Waals surface area (Å²) < 4.78 is 1.03. The Morgan fingerprint density at radius 1 is 1.47 bits per heavy atom. The van der Waals surface area contributed by atoms with Gasteiger partial charge in [0.2, 0.25) is 5.91 Å². The first kappa shape index (κ1) is 14.3. The van der Waals surface area contributed by atoms with Gasteiger partial charge < -0.3 is 15.5 Å². The Hall–Kier alpha value is -1.07. The van der Waals surface area contributed by atoms with Gasteiger partial charge in [-0.2, -0.15) is 0 Å². The van der Waals surface area contributed by atoms with E-state index in [1.165, 1.54) is 0 Å². The van der Waals surface area contributed by atoms with Crippen LogP contribution in [0.4, 0.5) is 5.69 Å². The largest absolute Gasteiger partial charge is 0.354 e. The van der Waals surface area contributed by atoms with Gasteiger partial charge in [0.25, 0.3) is 0 Å². The van der Waals surface area contributed by atoms with Crippen LogP contribution in [0.15, 0.2) is 28.7 Å². The average Bonchev–Trinajstić information content (AvgIpc) is 2.41. The van der Waals surface area contributed by atoms with Crippen LogP contribution in [0.25, 0.3) is 0 Å². The predicted octanol–water partition coefficient (Wildman–Crippen LogP) is 1.75. The topological polar surface area (TPSA) is 44.4 Å². The Bertz CT molecular complexity index is 452. The lowest BCUT2D eigenvalue weighted by molar-refractivity contribution is -0.123. The summed E-state index contributed by atoms with van der Waals surface area (Å²) in [5.74, 6) is 0.115. The van der Waals surface area contributed by atoms with Gasteiger partial charge >= 0.3 is 0 Å². The third kappa shape index (κ3) is 3.09. The predicted molar refractivity (Wildman–Crippen MR) is 81.4 cm³/mol.